The Morgan fingerprint density at radius 2 is 1.94 bits per heavy atom. The average molecular weight is 471 g/mol. The minimum absolute atomic E-state index is 0.205. The summed E-state index contributed by atoms with van der Waals surface area (Å²) < 4.78 is 7.10. The third-order valence-electron chi connectivity index (χ3n) is 4.76. The van der Waals surface area contributed by atoms with Crippen molar-refractivity contribution in [3.05, 3.63) is 96.1 Å². The van der Waals surface area contributed by atoms with Crippen LogP contribution in [0.25, 0.3) is 22.9 Å². The highest BCUT2D eigenvalue weighted by Crippen LogP contribution is 2.28. The first-order valence-corrected chi connectivity index (χ1v) is 10.6. The Balaban J connectivity index is 2.05. The van der Waals surface area contributed by atoms with Crippen molar-refractivity contribution in [3.63, 3.8) is 0 Å². The second-order valence-electron chi connectivity index (χ2n) is 6.71. The number of nitrogens with one attached hydrogen (secondary N) is 1. The van der Waals surface area contributed by atoms with Crippen LogP contribution in [0.4, 0.5) is 0 Å². The quantitative estimate of drug-likeness (QED) is 0.334. The van der Waals surface area contributed by atoms with Crippen LogP contribution in [0.15, 0.2) is 59.5 Å². The number of hydrogen-bond donors (Lipinski definition) is 1. The van der Waals surface area contributed by atoms with E-state index in [0.717, 1.165) is 5.56 Å². The number of carbonyl (C=O) groups is 1. The SMILES string of the molecule is CCOC(=O)c1c(-c2ccccc2)cn2c(=S)c(=Cc3ccc(Cl)cc3Cl)c(=O)[nH]c12. The third kappa shape index (κ3) is 4.02. The van der Waals surface area contributed by atoms with Gasteiger partial charge in [-0.25, -0.2) is 4.79 Å². The molecule has 0 aliphatic rings. The molecular weight excluding hydrogens is 455 g/mol. The number of ether oxygens (including phenoxy) is 1. The van der Waals surface area contributed by atoms with Crippen molar-refractivity contribution in [2.24, 2.45) is 0 Å². The standard InChI is InChI=1S/C23H16Cl2N2O3S/c1-2-30-23(29)19-17(13-6-4-3-5-7-13)12-27-20(19)26-21(28)16(22(27)31)10-14-8-9-15(24)11-18(14)25/h3-12H,2H2,1H3,(H,26,28). The largest absolute Gasteiger partial charge is 0.462 e. The summed E-state index contributed by atoms with van der Waals surface area (Å²) >= 11 is 17.8. The van der Waals surface area contributed by atoms with Gasteiger partial charge in [0.1, 0.15) is 15.9 Å². The molecule has 156 valence electrons. The van der Waals surface area contributed by atoms with Gasteiger partial charge in [-0.1, -0.05) is 71.8 Å². The molecule has 1 N–H and O–H groups in total. The first kappa shape index (κ1) is 21.3. The van der Waals surface area contributed by atoms with Gasteiger partial charge >= 0.3 is 5.97 Å². The Morgan fingerprint density at radius 1 is 1.19 bits per heavy atom. The van der Waals surface area contributed by atoms with E-state index in [1.165, 1.54) is 0 Å². The van der Waals surface area contributed by atoms with E-state index in [-0.39, 0.29) is 27.7 Å². The molecule has 0 amide bonds. The molecule has 0 aliphatic carbocycles. The highest BCUT2D eigenvalue weighted by atomic mass is 35.5. The van der Waals surface area contributed by atoms with Crippen molar-refractivity contribution in [1.82, 2.24) is 9.38 Å². The molecule has 31 heavy (non-hydrogen) atoms. The van der Waals surface area contributed by atoms with E-state index in [0.29, 0.717) is 21.2 Å². The molecule has 4 aromatic rings. The van der Waals surface area contributed by atoms with E-state index in [1.807, 2.05) is 30.3 Å². The maximum Gasteiger partial charge on any atom is 0.342 e. The van der Waals surface area contributed by atoms with Crippen molar-refractivity contribution in [2.75, 3.05) is 6.61 Å². The van der Waals surface area contributed by atoms with Gasteiger partial charge in [-0.05, 0) is 36.3 Å². The first-order chi connectivity index (χ1) is 14.9. The number of benzene rings is 2. The summed E-state index contributed by atoms with van der Waals surface area (Å²) in [4.78, 5) is 28.5. The monoisotopic (exact) mass is 470 g/mol. The first-order valence-electron chi connectivity index (χ1n) is 9.41. The molecule has 2 heterocycles. The summed E-state index contributed by atoms with van der Waals surface area (Å²) in [6, 6.07) is 14.3. The van der Waals surface area contributed by atoms with Crippen molar-refractivity contribution in [1.29, 1.82) is 0 Å². The van der Waals surface area contributed by atoms with Crippen LogP contribution in [0.3, 0.4) is 0 Å². The van der Waals surface area contributed by atoms with Crippen LogP contribution in [-0.2, 0) is 4.74 Å². The van der Waals surface area contributed by atoms with Gasteiger partial charge in [0.15, 0.2) is 0 Å². The predicted molar refractivity (Wildman–Crippen MR) is 125 cm³/mol. The molecule has 0 aliphatic heterocycles. The second kappa shape index (κ2) is 8.67. The van der Waals surface area contributed by atoms with Gasteiger partial charge in [-0.3, -0.25) is 9.20 Å². The number of hydrogen-bond acceptors (Lipinski definition) is 4. The number of aromatic nitrogens is 2. The van der Waals surface area contributed by atoms with Crippen molar-refractivity contribution < 1.29 is 9.53 Å². The Morgan fingerprint density at radius 3 is 2.61 bits per heavy atom. The molecule has 5 nitrogen and oxygen atoms in total. The van der Waals surface area contributed by atoms with Crippen molar-refractivity contribution in [2.45, 2.75) is 6.92 Å². The molecule has 0 saturated heterocycles. The van der Waals surface area contributed by atoms with E-state index < -0.39 is 11.5 Å². The minimum atomic E-state index is -0.536. The summed E-state index contributed by atoms with van der Waals surface area (Å²) in [5, 5.41) is 1.13. The normalized spacial score (nSPS) is 11.8. The van der Waals surface area contributed by atoms with Crippen LogP contribution in [0.5, 0.6) is 0 Å². The smallest absolute Gasteiger partial charge is 0.342 e. The molecule has 0 radical (unpaired) electrons. The van der Waals surface area contributed by atoms with Crippen LogP contribution in [-0.4, -0.2) is 22.0 Å². The second-order valence-corrected chi connectivity index (χ2v) is 7.94. The van der Waals surface area contributed by atoms with Gasteiger partial charge < -0.3 is 9.72 Å². The molecule has 0 unspecified atom stereocenters. The molecule has 4 rings (SSSR count). The van der Waals surface area contributed by atoms with Gasteiger partial charge in [0.2, 0.25) is 0 Å². The lowest BCUT2D eigenvalue weighted by Gasteiger charge is -2.04. The molecule has 0 bridgehead atoms. The molecule has 0 spiro atoms. The lowest BCUT2D eigenvalue weighted by Crippen LogP contribution is -2.30. The molecule has 0 fully saturated rings. The topological polar surface area (TPSA) is 63.6 Å². The Labute approximate surface area is 192 Å². The molecule has 2 aromatic carbocycles. The summed E-state index contributed by atoms with van der Waals surface area (Å²) in [5.74, 6) is -0.536. The zero-order valence-corrected chi connectivity index (χ0v) is 18.6. The number of halogens is 2. The Kier molecular flexibility index (Phi) is 5.96. The number of carbonyl (C=O) groups excluding carboxylic acids is 1. The van der Waals surface area contributed by atoms with E-state index in [2.05, 4.69) is 4.98 Å². The van der Waals surface area contributed by atoms with Gasteiger partial charge in [0, 0.05) is 21.8 Å². The average Bonchev–Trinajstić information content (AvgIpc) is 3.13. The van der Waals surface area contributed by atoms with Crippen molar-refractivity contribution in [3.8, 4) is 11.1 Å². The summed E-state index contributed by atoms with van der Waals surface area (Å²) in [6.45, 7) is 1.93. The summed E-state index contributed by atoms with van der Waals surface area (Å²) in [6.07, 6.45) is 3.33. The fourth-order valence-corrected chi connectivity index (χ4v) is 4.10. The third-order valence-corrected chi connectivity index (χ3v) is 5.74. The predicted octanol–water partition coefficient (Wildman–Crippen LogP) is 5.06. The van der Waals surface area contributed by atoms with Crippen LogP contribution >= 0.6 is 35.4 Å². The lowest BCUT2D eigenvalue weighted by molar-refractivity contribution is 0.0529. The Hall–Kier alpha value is -2.93. The molecule has 0 saturated carbocycles. The summed E-state index contributed by atoms with van der Waals surface area (Å²) in [7, 11) is 0. The highest BCUT2D eigenvalue weighted by Gasteiger charge is 2.22. The van der Waals surface area contributed by atoms with E-state index in [1.54, 1.807) is 41.8 Å². The fraction of sp³-hybridized carbons (Fsp3) is 0.0870. The number of rotatable bonds is 4. The molecule has 2 aromatic heterocycles. The highest BCUT2D eigenvalue weighted by molar-refractivity contribution is 7.71. The minimum Gasteiger partial charge on any atom is -0.462 e. The number of nitrogens with zero attached hydrogens (tertiary/aromatic N) is 1. The molecule has 8 heteroatoms. The fourth-order valence-electron chi connectivity index (χ4n) is 3.34. The number of fused-ring (bicyclic) bond motifs is 1. The molecule has 0 atom stereocenters. The van der Waals surface area contributed by atoms with Crippen LogP contribution in [0.1, 0.15) is 22.8 Å². The Bertz CT molecular complexity index is 1480. The molecular formula is C23H16Cl2N2O3S. The van der Waals surface area contributed by atoms with E-state index in [9.17, 15) is 9.59 Å². The van der Waals surface area contributed by atoms with Gasteiger partial charge in [-0.15, -0.1) is 0 Å². The zero-order valence-electron chi connectivity index (χ0n) is 16.3. The maximum absolute atomic E-state index is 12.9. The van der Waals surface area contributed by atoms with Crippen LogP contribution < -0.4 is 10.8 Å². The number of H-pyrrole nitrogens is 1. The van der Waals surface area contributed by atoms with Gasteiger partial charge in [0.05, 0.1) is 11.8 Å². The van der Waals surface area contributed by atoms with Crippen LogP contribution in [0, 0.1) is 4.64 Å². The van der Waals surface area contributed by atoms with Crippen molar-refractivity contribution >= 4 is 53.1 Å². The van der Waals surface area contributed by atoms with Crippen LogP contribution in [0.2, 0.25) is 10.0 Å². The lowest BCUT2D eigenvalue weighted by atomic mass is 10.0. The number of aromatic amines is 1. The summed E-state index contributed by atoms with van der Waals surface area (Å²) in [5.41, 5.74) is 2.12. The van der Waals surface area contributed by atoms with E-state index in [4.69, 9.17) is 40.2 Å². The van der Waals surface area contributed by atoms with E-state index >= 15 is 0 Å². The van der Waals surface area contributed by atoms with Gasteiger partial charge in [-0.2, -0.15) is 0 Å². The zero-order chi connectivity index (χ0) is 22.1. The van der Waals surface area contributed by atoms with Gasteiger partial charge in [0.25, 0.3) is 5.56 Å². The number of esters is 1. The maximum atomic E-state index is 12.9.